The van der Waals surface area contributed by atoms with Gasteiger partial charge in [0.2, 0.25) is 0 Å². The van der Waals surface area contributed by atoms with Crippen LogP contribution in [0.4, 0.5) is 0 Å². The van der Waals surface area contributed by atoms with Crippen LogP contribution < -0.4 is 0 Å². The lowest BCUT2D eigenvalue weighted by atomic mass is 9.61. The third-order valence-corrected chi connectivity index (χ3v) is 5.98. The SMILES string of the molecule is N#C[C@@H]1c2ccccc2[C@H](C#N)[C@H](Cc2ccccc2)[C@H]1Cc1ccccc1. The molecule has 1 aliphatic carbocycles. The first kappa shape index (κ1) is 18.0. The number of benzene rings is 3. The standard InChI is InChI=1S/C26H22N2/c27-17-25-21-13-7-8-14-22(21)26(18-28)24(16-20-11-5-2-6-12-20)23(25)15-19-9-3-1-4-10-19/h1-14,23-26H,15-16H2/t23-,24-,25-,26+/m1/s1. The Morgan fingerprint density at radius 3 is 1.25 bits per heavy atom. The van der Waals surface area contributed by atoms with Crippen molar-refractivity contribution >= 4 is 0 Å². The van der Waals surface area contributed by atoms with Crippen LogP contribution in [-0.4, -0.2) is 0 Å². The van der Waals surface area contributed by atoms with Gasteiger partial charge in [-0.2, -0.15) is 10.5 Å². The Hall–Kier alpha value is -3.36. The van der Waals surface area contributed by atoms with E-state index in [1.165, 1.54) is 11.1 Å². The fourth-order valence-corrected chi connectivity index (χ4v) is 4.67. The van der Waals surface area contributed by atoms with Crippen LogP contribution in [0.15, 0.2) is 84.9 Å². The summed E-state index contributed by atoms with van der Waals surface area (Å²) >= 11 is 0. The van der Waals surface area contributed by atoms with Crippen LogP contribution in [0, 0.1) is 34.5 Å². The van der Waals surface area contributed by atoms with Crippen LogP contribution in [0.5, 0.6) is 0 Å². The Kier molecular flexibility index (Phi) is 5.22. The highest BCUT2D eigenvalue weighted by atomic mass is 14.5. The van der Waals surface area contributed by atoms with Crippen LogP contribution in [-0.2, 0) is 12.8 Å². The molecule has 0 aliphatic heterocycles. The van der Waals surface area contributed by atoms with Crippen LogP contribution in [0.3, 0.4) is 0 Å². The summed E-state index contributed by atoms with van der Waals surface area (Å²) in [4.78, 5) is 0. The van der Waals surface area contributed by atoms with Gasteiger partial charge in [-0.05, 0) is 46.9 Å². The molecule has 0 heterocycles. The summed E-state index contributed by atoms with van der Waals surface area (Å²) in [5.41, 5.74) is 4.51. The number of nitrogens with zero attached hydrogens (tertiary/aromatic N) is 2. The van der Waals surface area contributed by atoms with E-state index in [0.29, 0.717) is 0 Å². The molecule has 0 saturated carbocycles. The zero-order chi connectivity index (χ0) is 19.3. The molecule has 136 valence electrons. The van der Waals surface area contributed by atoms with Crippen molar-refractivity contribution in [2.24, 2.45) is 11.8 Å². The minimum atomic E-state index is -0.199. The Bertz CT molecular complexity index is 927. The van der Waals surface area contributed by atoms with Crippen molar-refractivity contribution < 1.29 is 0 Å². The molecule has 0 radical (unpaired) electrons. The molecule has 1 aliphatic rings. The van der Waals surface area contributed by atoms with Crippen molar-refractivity contribution in [1.29, 1.82) is 10.5 Å². The predicted molar refractivity (Wildman–Crippen MR) is 110 cm³/mol. The van der Waals surface area contributed by atoms with Crippen molar-refractivity contribution in [3.05, 3.63) is 107 Å². The maximum Gasteiger partial charge on any atom is 0.0750 e. The van der Waals surface area contributed by atoms with Gasteiger partial charge in [0, 0.05) is 0 Å². The quantitative estimate of drug-likeness (QED) is 0.603. The van der Waals surface area contributed by atoms with Gasteiger partial charge in [-0.25, -0.2) is 0 Å². The summed E-state index contributed by atoms with van der Waals surface area (Å²) in [5.74, 6) is -0.191. The number of hydrogen-bond donors (Lipinski definition) is 0. The summed E-state index contributed by atoms with van der Waals surface area (Å²) in [6.45, 7) is 0. The highest BCUT2D eigenvalue weighted by molar-refractivity contribution is 5.44. The molecule has 2 heteroatoms. The highest BCUT2D eigenvalue weighted by Gasteiger charge is 2.42. The van der Waals surface area contributed by atoms with Crippen LogP contribution >= 0.6 is 0 Å². The average Bonchev–Trinajstić information content (AvgIpc) is 2.75. The molecule has 0 N–H and O–H groups in total. The normalized spacial score (nSPS) is 23.2. The number of rotatable bonds is 4. The maximum atomic E-state index is 10.1. The first-order valence-corrected chi connectivity index (χ1v) is 9.77. The van der Waals surface area contributed by atoms with E-state index in [9.17, 15) is 10.5 Å². The van der Waals surface area contributed by atoms with Gasteiger partial charge < -0.3 is 0 Å². The Labute approximate surface area is 166 Å². The van der Waals surface area contributed by atoms with E-state index in [2.05, 4.69) is 36.4 Å². The van der Waals surface area contributed by atoms with Crippen molar-refractivity contribution in [2.75, 3.05) is 0 Å². The molecular weight excluding hydrogens is 340 g/mol. The minimum absolute atomic E-state index is 0.104. The molecule has 0 unspecified atom stereocenters. The van der Waals surface area contributed by atoms with Crippen LogP contribution in [0.25, 0.3) is 0 Å². The topological polar surface area (TPSA) is 47.6 Å². The molecule has 0 amide bonds. The molecule has 0 spiro atoms. The Morgan fingerprint density at radius 1 is 0.536 bits per heavy atom. The Morgan fingerprint density at radius 2 is 0.893 bits per heavy atom. The van der Waals surface area contributed by atoms with Gasteiger partial charge in [0.05, 0.1) is 24.0 Å². The summed E-state index contributed by atoms with van der Waals surface area (Å²) < 4.78 is 0. The molecular formula is C26H22N2. The molecule has 0 bridgehead atoms. The van der Waals surface area contributed by atoms with Crippen molar-refractivity contribution in [1.82, 2.24) is 0 Å². The van der Waals surface area contributed by atoms with Crippen molar-refractivity contribution in [3.8, 4) is 12.1 Å². The fraction of sp³-hybridized carbons (Fsp3) is 0.231. The molecule has 28 heavy (non-hydrogen) atoms. The first-order valence-electron chi connectivity index (χ1n) is 9.77. The second-order valence-corrected chi connectivity index (χ2v) is 7.55. The van der Waals surface area contributed by atoms with Crippen LogP contribution in [0.1, 0.15) is 34.1 Å². The lowest BCUT2D eigenvalue weighted by Crippen LogP contribution is -2.35. The third kappa shape index (κ3) is 3.42. The Balaban J connectivity index is 1.80. The molecule has 3 aromatic carbocycles. The molecule has 0 fully saturated rings. The van der Waals surface area contributed by atoms with Crippen LogP contribution in [0.2, 0.25) is 0 Å². The van der Waals surface area contributed by atoms with Gasteiger partial charge >= 0.3 is 0 Å². The fourth-order valence-electron chi connectivity index (χ4n) is 4.67. The highest BCUT2D eigenvalue weighted by Crippen LogP contribution is 2.48. The number of nitriles is 2. The van der Waals surface area contributed by atoms with Gasteiger partial charge in [-0.3, -0.25) is 0 Å². The van der Waals surface area contributed by atoms with Gasteiger partial charge in [-0.1, -0.05) is 84.9 Å². The summed E-state index contributed by atoms with van der Waals surface area (Å²) in [6, 6.07) is 33.9. The lowest BCUT2D eigenvalue weighted by molar-refractivity contribution is 0.262. The monoisotopic (exact) mass is 362 g/mol. The van der Waals surface area contributed by atoms with E-state index in [-0.39, 0.29) is 23.7 Å². The molecule has 0 aromatic heterocycles. The number of fused-ring (bicyclic) bond motifs is 1. The predicted octanol–water partition coefficient (Wildman–Crippen LogP) is 5.63. The third-order valence-electron chi connectivity index (χ3n) is 5.98. The minimum Gasteiger partial charge on any atom is -0.198 e. The van der Waals surface area contributed by atoms with E-state index >= 15 is 0 Å². The summed E-state index contributed by atoms with van der Waals surface area (Å²) in [7, 11) is 0. The zero-order valence-electron chi connectivity index (χ0n) is 15.7. The van der Waals surface area contributed by atoms with E-state index in [0.717, 1.165) is 24.0 Å². The summed E-state index contributed by atoms with van der Waals surface area (Å²) in [5, 5.41) is 20.2. The molecule has 0 saturated heterocycles. The smallest absolute Gasteiger partial charge is 0.0750 e. The molecule has 3 aromatic rings. The maximum absolute atomic E-state index is 10.1. The van der Waals surface area contributed by atoms with Gasteiger partial charge in [0.25, 0.3) is 0 Å². The van der Waals surface area contributed by atoms with Crippen molar-refractivity contribution in [3.63, 3.8) is 0 Å². The zero-order valence-corrected chi connectivity index (χ0v) is 15.7. The largest absolute Gasteiger partial charge is 0.198 e. The van der Waals surface area contributed by atoms with E-state index in [4.69, 9.17) is 0 Å². The summed E-state index contributed by atoms with van der Waals surface area (Å²) in [6.07, 6.45) is 1.62. The molecule has 4 rings (SSSR count). The average molecular weight is 362 g/mol. The lowest BCUT2D eigenvalue weighted by Gasteiger charge is -2.40. The van der Waals surface area contributed by atoms with E-state index in [1.807, 2.05) is 60.7 Å². The van der Waals surface area contributed by atoms with Gasteiger partial charge in [0.15, 0.2) is 0 Å². The second kappa shape index (κ2) is 8.12. The second-order valence-electron chi connectivity index (χ2n) is 7.55. The molecule has 2 nitrogen and oxygen atoms in total. The van der Waals surface area contributed by atoms with E-state index in [1.54, 1.807) is 0 Å². The van der Waals surface area contributed by atoms with E-state index < -0.39 is 0 Å². The van der Waals surface area contributed by atoms with Gasteiger partial charge in [0.1, 0.15) is 0 Å². The number of hydrogen-bond acceptors (Lipinski definition) is 2. The van der Waals surface area contributed by atoms with Gasteiger partial charge in [-0.15, -0.1) is 0 Å². The molecule has 4 atom stereocenters. The first-order chi connectivity index (χ1) is 13.8. The van der Waals surface area contributed by atoms with Crippen molar-refractivity contribution in [2.45, 2.75) is 24.7 Å².